The summed E-state index contributed by atoms with van der Waals surface area (Å²) in [4.78, 5) is 2.24. The number of hydrogen-bond donors (Lipinski definition) is 1. The van der Waals surface area contributed by atoms with Gasteiger partial charge in [-0.2, -0.15) is 0 Å². The molecule has 1 heterocycles. The van der Waals surface area contributed by atoms with Crippen molar-refractivity contribution in [1.82, 2.24) is 10.2 Å². The predicted octanol–water partition coefficient (Wildman–Crippen LogP) is -0.287. The number of sulfone groups is 1. The van der Waals surface area contributed by atoms with Crippen LogP contribution in [0.4, 0.5) is 0 Å². The Kier molecular flexibility index (Phi) is 3.92. The molecule has 5 heteroatoms. The van der Waals surface area contributed by atoms with Gasteiger partial charge in [-0.25, -0.2) is 8.42 Å². The maximum absolute atomic E-state index is 11.1. The first-order valence-electron chi connectivity index (χ1n) is 5.03. The summed E-state index contributed by atoms with van der Waals surface area (Å²) in [6.07, 6.45) is 1.30. The van der Waals surface area contributed by atoms with Gasteiger partial charge in [-0.15, -0.1) is 0 Å². The van der Waals surface area contributed by atoms with Gasteiger partial charge < -0.3 is 5.32 Å². The Hall–Kier alpha value is -0.130. The number of nitrogens with one attached hydrogen (secondary N) is 1. The topological polar surface area (TPSA) is 49.4 Å². The first-order chi connectivity index (χ1) is 6.38. The highest BCUT2D eigenvalue weighted by Gasteiger charge is 2.22. The van der Waals surface area contributed by atoms with E-state index in [2.05, 4.69) is 17.1 Å². The second-order valence-corrected chi connectivity index (χ2v) is 6.48. The van der Waals surface area contributed by atoms with Crippen molar-refractivity contribution >= 4 is 9.84 Å². The molecule has 0 bridgehead atoms. The molecule has 1 N–H and O–H groups in total. The molecule has 1 rings (SSSR count). The monoisotopic (exact) mass is 220 g/mol. The zero-order chi connectivity index (χ0) is 10.8. The number of rotatable bonds is 3. The van der Waals surface area contributed by atoms with Crippen LogP contribution in [-0.2, 0) is 9.84 Å². The normalized spacial score (nSPS) is 27.5. The summed E-state index contributed by atoms with van der Waals surface area (Å²) in [6, 6.07) is 0.598. The van der Waals surface area contributed by atoms with Gasteiger partial charge in [0.15, 0.2) is 0 Å². The molecule has 1 aliphatic heterocycles. The molecule has 1 fully saturated rings. The van der Waals surface area contributed by atoms with Crippen molar-refractivity contribution in [3.05, 3.63) is 0 Å². The second kappa shape index (κ2) is 4.59. The van der Waals surface area contributed by atoms with E-state index in [4.69, 9.17) is 0 Å². The van der Waals surface area contributed by atoms with Crippen molar-refractivity contribution in [2.75, 3.05) is 31.6 Å². The van der Waals surface area contributed by atoms with Crippen LogP contribution in [0.2, 0.25) is 0 Å². The van der Waals surface area contributed by atoms with E-state index in [0.717, 1.165) is 19.6 Å². The van der Waals surface area contributed by atoms with Gasteiger partial charge in [-0.1, -0.05) is 0 Å². The van der Waals surface area contributed by atoms with Crippen molar-refractivity contribution in [3.8, 4) is 0 Å². The van der Waals surface area contributed by atoms with Crippen LogP contribution in [0, 0.1) is 0 Å². The van der Waals surface area contributed by atoms with Crippen molar-refractivity contribution in [2.24, 2.45) is 0 Å². The third-order valence-corrected chi connectivity index (χ3v) is 3.66. The minimum Gasteiger partial charge on any atom is -0.312 e. The van der Waals surface area contributed by atoms with Gasteiger partial charge in [0.25, 0.3) is 0 Å². The van der Waals surface area contributed by atoms with E-state index >= 15 is 0 Å². The fraction of sp³-hybridized carbons (Fsp3) is 1.00. The average molecular weight is 220 g/mol. The molecule has 0 saturated carbocycles. The summed E-state index contributed by atoms with van der Waals surface area (Å²) in [6.45, 7) is 6.95. The molecule has 0 aromatic carbocycles. The molecule has 1 saturated heterocycles. The number of hydrogen-bond acceptors (Lipinski definition) is 4. The minimum atomic E-state index is -2.85. The molecule has 4 nitrogen and oxygen atoms in total. The number of nitrogens with zero attached hydrogens (tertiary/aromatic N) is 1. The highest BCUT2D eigenvalue weighted by Crippen LogP contribution is 2.06. The van der Waals surface area contributed by atoms with Crippen LogP contribution in [0.25, 0.3) is 0 Å². The maximum Gasteiger partial charge on any atom is 0.148 e. The van der Waals surface area contributed by atoms with Gasteiger partial charge in [0.05, 0.1) is 5.75 Å². The molecule has 14 heavy (non-hydrogen) atoms. The van der Waals surface area contributed by atoms with E-state index in [-0.39, 0.29) is 11.8 Å². The maximum atomic E-state index is 11.1. The van der Waals surface area contributed by atoms with E-state index < -0.39 is 9.84 Å². The van der Waals surface area contributed by atoms with Crippen LogP contribution in [-0.4, -0.2) is 57.0 Å². The van der Waals surface area contributed by atoms with E-state index in [1.807, 2.05) is 6.92 Å². The lowest BCUT2D eigenvalue weighted by atomic mass is 10.2. The highest BCUT2D eigenvalue weighted by molar-refractivity contribution is 7.90. The Labute approximate surface area is 86.6 Å². The quantitative estimate of drug-likeness (QED) is 0.710. The Morgan fingerprint density at radius 3 is 2.71 bits per heavy atom. The SMILES string of the molecule is CC1CN(C(C)CS(C)(=O)=O)CCN1. The zero-order valence-electron chi connectivity index (χ0n) is 9.16. The zero-order valence-corrected chi connectivity index (χ0v) is 9.97. The van der Waals surface area contributed by atoms with Crippen molar-refractivity contribution in [2.45, 2.75) is 25.9 Å². The standard InChI is InChI=1S/C9H20N2O2S/c1-8-6-11(5-4-10-8)9(2)7-14(3,12)13/h8-10H,4-7H2,1-3H3. The van der Waals surface area contributed by atoms with Crippen molar-refractivity contribution in [3.63, 3.8) is 0 Å². The average Bonchev–Trinajstić information content (AvgIpc) is 2.01. The van der Waals surface area contributed by atoms with E-state index in [9.17, 15) is 8.42 Å². The van der Waals surface area contributed by atoms with Gasteiger partial charge in [0, 0.05) is 38.0 Å². The summed E-state index contributed by atoms with van der Waals surface area (Å²) in [5.74, 6) is 0.264. The van der Waals surface area contributed by atoms with Gasteiger partial charge in [0.1, 0.15) is 9.84 Å². The molecular weight excluding hydrogens is 200 g/mol. The third kappa shape index (κ3) is 3.94. The molecule has 1 aliphatic rings. The van der Waals surface area contributed by atoms with Crippen molar-refractivity contribution < 1.29 is 8.42 Å². The summed E-state index contributed by atoms with van der Waals surface area (Å²) in [7, 11) is -2.85. The molecule has 2 atom stereocenters. The van der Waals surface area contributed by atoms with Crippen LogP contribution in [0.3, 0.4) is 0 Å². The van der Waals surface area contributed by atoms with Crippen LogP contribution < -0.4 is 5.32 Å². The third-order valence-electron chi connectivity index (χ3n) is 2.57. The highest BCUT2D eigenvalue weighted by atomic mass is 32.2. The Morgan fingerprint density at radius 2 is 2.21 bits per heavy atom. The predicted molar refractivity (Wildman–Crippen MR) is 58.2 cm³/mol. The minimum absolute atomic E-state index is 0.134. The number of piperazine rings is 1. The van der Waals surface area contributed by atoms with E-state index in [1.165, 1.54) is 6.26 Å². The Morgan fingerprint density at radius 1 is 1.57 bits per heavy atom. The molecule has 0 aromatic rings. The fourth-order valence-electron chi connectivity index (χ4n) is 1.91. The molecule has 0 aliphatic carbocycles. The lowest BCUT2D eigenvalue weighted by Crippen LogP contribution is -2.53. The van der Waals surface area contributed by atoms with E-state index in [1.54, 1.807) is 0 Å². The van der Waals surface area contributed by atoms with Crippen LogP contribution in [0.15, 0.2) is 0 Å². The summed E-state index contributed by atoms with van der Waals surface area (Å²) in [5, 5.41) is 3.34. The molecular formula is C9H20N2O2S. The van der Waals surface area contributed by atoms with Crippen molar-refractivity contribution in [1.29, 1.82) is 0 Å². The Bertz CT molecular complexity index is 277. The Balaban J connectivity index is 2.47. The molecule has 0 amide bonds. The van der Waals surface area contributed by atoms with Gasteiger partial charge in [-0.3, -0.25) is 4.90 Å². The van der Waals surface area contributed by atoms with Gasteiger partial charge in [0.2, 0.25) is 0 Å². The van der Waals surface area contributed by atoms with Crippen LogP contribution in [0.5, 0.6) is 0 Å². The first-order valence-corrected chi connectivity index (χ1v) is 7.09. The van der Waals surface area contributed by atoms with Crippen LogP contribution in [0.1, 0.15) is 13.8 Å². The van der Waals surface area contributed by atoms with E-state index in [0.29, 0.717) is 6.04 Å². The second-order valence-electron chi connectivity index (χ2n) is 4.29. The largest absolute Gasteiger partial charge is 0.312 e. The molecule has 2 unspecified atom stereocenters. The van der Waals surface area contributed by atoms with Gasteiger partial charge >= 0.3 is 0 Å². The smallest absolute Gasteiger partial charge is 0.148 e. The molecule has 0 radical (unpaired) electrons. The first kappa shape index (κ1) is 11.9. The molecule has 0 aromatic heterocycles. The summed E-state index contributed by atoms with van der Waals surface area (Å²) >= 11 is 0. The fourth-order valence-corrected chi connectivity index (χ4v) is 2.99. The molecule has 84 valence electrons. The lowest BCUT2D eigenvalue weighted by molar-refractivity contribution is 0.169. The summed E-state index contributed by atoms with van der Waals surface area (Å²) in [5.41, 5.74) is 0. The molecule has 0 spiro atoms. The van der Waals surface area contributed by atoms with Gasteiger partial charge in [-0.05, 0) is 13.8 Å². The lowest BCUT2D eigenvalue weighted by Gasteiger charge is -2.35. The summed E-state index contributed by atoms with van der Waals surface area (Å²) < 4.78 is 22.2. The van der Waals surface area contributed by atoms with Crippen LogP contribution >= 0.6 is 0 Å².